The van der Waals surface area contributed by atoms with Gasteiger partial charge in [0.25, 0.3) is 0 Å². The maximum absolute atomic E-state index is 2.27. The topological polar surface area (TPSA) is 0 Å². The Morgan fingerprint density at radius 1 is 1.31 bits per heavy atom. The zero-order chi connectivity index (χ0) is 9.84. The van der Waals surface area contributed by atoms with E-state index in [1.807, 2.05) is 11.8 Å². The Morgan fingerprint density at radius 3 is 2.54 bits per heavy atom. The SMILES string of the molecule is CCSc1cccc(C)c1C(C)C. The van der Waals surface area contributed by atoms with Gasteiger partial charge in [-0.15, -0.1) is 11.8 Å². The summed E-state index contributed by atoms with van der Waals surface area (Å²) in [5.41, 5.74) is 2.95. The van der Waals surface area contributed by atoms with Gasteiger partial charge in [-0.1, -0.05) is 32.9 Å². The number of hydrogen-bond donors (Lipinski definition) is 0. The van der Waals surface area contributed by atoms with E-state index < -0.39 is 0 Å². The average molecular weight is 194 g/mol. The van der Waals surface area contributed by atoms with Gasteiger partial charge in [0.05, 0.1) is 0 Å². The van der Waals surface area contributed by atoms with E-state index in [0.29, 0.717) is 5.92 Å². The third kappa shape index (κ3) is 2.50. The molecule has 72 valence electrons. The molecule has 0 bridgehead atoms. The monoisotopic (exact) mass is 194 g/mol. The van der Waals surface area contributed by atoms with Crippen LogP contribution in [0.4, 0.5) is 0 Å². The van der Waals surface area contributed by atoms with Crippen molar-refractivity contribution in [2.45, 2.75) is 38.5 Å². The molecule has 0 fully saturated rings. The van der Waals surface area contributed by atoms with E-state index in [-0.39, 0.29) is 0 Å². The first-order valence-corrected chi connectivity index (χ1v) is 5.87. The van der Waals surface area contributed by atoms with Crippen molar-refractivity contribution in [3.63, 3.8) is 0 Å². The summed E-state index contributed by atoms with van der Waals surface area (Å²) < 4.78 is 0. The van der Waals surface area contributed by atoms with Gasteiger partial charge in [0.15, 0.2) is 0 Å². The molecule has 0 aliphatic carbocycles. The van der Waals surface area contributed by atoms with Crippen LogP contribution in [0.5, 0.6) is 0 Å². The Bertz CT molecular complexity index is 276. The lowest BCUT2D eigenvalue weighted by molar-refractivity contribution is 0.831. The molecule has 0 N–H and O–H groups in total. The fourth-order valence-corrected chi connectivity index (χ4v) is 2.71. The van der Waals surface area contributed by atoms with E-state index in [1.165, 1.54) is 16.0 Å². The summed E-state index contributed by atoms with van der Waals surface area (Å²) in [6.07, 6.45) is 0. The summed E-state index contributed by atoms with van der Waals surface area (Å²) in [6, 6.07) is 6.59. The molecule has 1 rings (SSSR count). The highest BCUT2D eigenvalue weighted by Gasteiger charge is 2.08. The average Bonchev–Trinajstić information content (AvgIpc) is 2.04. The van der Waals surface area contributed by atoms with Crippen LogP contribution in [-0.2, 0) is 0 Å². The second kappa shape index (κ2) is 4.71. The van der Waals surface area contributed by atoms with E-state index in [4.69, 9.17) is 0 Å². The van der Waals surface area contributed by atoms with Crippen LogP contribution in [0, 0.1) is 6.92 Å². The number of benzene rings is 1. The van der Waals surface area contributed by atoms with Crippen LogP contribution in [0.1, 0.15) is 37.8 Å². The lowest BCUT2D eigenvalue weighted by atomic mass is 9.98. The Hall–Kier alpha value is -0.430. The van der Waals surface area contributed by atoms with Gasteiger partial charge < -0.3 is 0 Å². The van der Waals surface area contributed by atoms with Crippen molar-refractivity contribution in [3.8, 4) is 0 Å². The maximum Gasteiger partial charge on any atom is 0.0109 e. The minimum Gasteiger partial charge on any atom is -0.126 e. The molecule has 0 saturated carbocycles. The minimum atomic E-state index is 0.634. The van der Waals surface area contributed by atoms with Crippen molar-refractivity contribution in [1.29, 1.82) is 0 Å². The number of thioether (sulfide) groups is 1. The van der Waals surface area contributed by atoms with Crippen LogP contribution >= 0.6 is 11.8 Å². The van der Waals surface area contributed by atoms with Crippen LogP contribution < -0.4 is 0 Å². The second-order valence-electron chi connectivity index (χ2n) is 3.57. The number of hydrogen-bond acceptors (Lipinski definition) is 1. The number of rotatable bonds is 3. The van der Waals surface area contributed by atoms with Crippen molar-refractivity contribution in [2.24, 2.45) is 0 Å². The first-order valence-electron chi connectivity index (χ1n) is 4.89. The molecule has 1 aromatic rings. The van der Waals surface area contributed by atoms with Gasteiger partial charge in [-0.05, 0) is 35.8 Å². The van der Waals surface area contributed by atoms with Crippen LogP contribution in [0.25, 0.3) is 0 Å². The van der Waals surface area contributed by atoms with E-state index in [2.05, 4.69) is 45.9 Å². The third-order valence-corrected chi connectivity index (χ3v) is 3.12. The lowest BCUT2D eigenvalue weighted by Crippen LogP contribution is -1.94. The van der Waals surface area contributed by atoms with Crippen molar-refractivity contribution < 1.29 is 0 Å². The van der Waals surface area contributed by atoms with Crippen molar-refractivity contribution in [1.82, 2.24) is 0 Å². The molecule has 0 saturated heterocycles. The summed E-state index contributed by atoms with van der Waals surface area (Å²) in [5.74, 6) is 1.79. The Kier molecular flexibility index (Phi) is 3.86. The van der Waals surface area contributed by atoms with Crippen LogP contribution in [0.2, 0.25) is 0 Å². The fraction of sp³-hybridized carbons (Fsp3) is 0.500. The van der Waals surface area contributed by atoms with E-state index in [9.17, 15) is 0 Å². The molecule has 0 amide bonds. The highest BCUT2D eigenvalue weighted by molar-refractivity contribution is 7.99. The Balaban J connectivity index is 3.10. The zero-order valence-corrected chi connectivity index (χ0v) is 9.74. The molecule has 0 unspecified atom stereocenters. The van der Waals surface area contributed by atoms with Crippen LogP contribution in [-0.4, -0.2) is 5.75 Å². The van der Waals surface area contributed by atoms with E-state index in [1.54, 1.807) is 0 Å². The largest absolute Gasteiger partial charge is 0.126 e. The molecule has 0 heterocycles. The maximum atomic E-state index is 2.27. The predicted molar refractivity (Wildman–Crippen MR) is 61.7 cm³/mol. The van der Waals surface area contributed by atoms with Crippen LogP contribution in [0.3, 0.4) is 0 Å². The predicted octanol–water partition coefficient (Wildman–Crippen LogP) is 4.23. The van der Waals surface area contributed by atoms with Crippen molar-refractivity contribution in [3.05, 3.63) is 29.3 Å². The van der Waals surface area contributed by atoms with Gasteiger partial charge in [0, 0.05) is 4.90 Å². The summed E-state index contributed by atoms with van der Waals surface area (Å²) >= 11 is 1.94. The Morgan fingerprint density at radius 2 is 2.00 bits per heavy atom. The van der Waals surface area contributed by atoms with Gasteiger partial charge in [0.2, 0.25) is 0 Å². The molecular weight excluding hydrogens is 176 g/mol. The summed E-state index contributed by atoms with van der Waals surface area (Å²) in [5, 5.41) is 0. The molecule has 0 radical (unpaired) electrons. The molecule has 1 heteroatoms. The molecule has 0 atom stereocenters. The van der Waals surface area contributed by atoms with Crippen LogP contribution in [0.15, 0.2) is 23.1 Å². The molecule has 1 aromatic carbocycles. The third-order valence-electron chi connectivity index (χ3n) is 2.16. The summed E-state index contributed by atoms with van der Waals surface area (Å²) in [4.78, 5) is 1.46. The van der Waals surface area contributed by atoms with Gasteiger partial charge in [-0.2, -0.15) is 0 Å². The zero-order valence-electron chi connectivity index (χ0n) is 8.92. The minimum absolute atomic E-state index is 0.634. The molecule has 0 aliphatic rings. The Labute approximate surface area is 85.7 Å². The number of aryl methyl sites for hydroxylation is 1. The highest BCUT2D eigenvalue weighted by atomic mass is 32.2. The van der Waals surface area contributed by atoms with E-state index in [0.717, 1.165) is 5.75 Å². The lowest BCUT2D eigenvalue weighted by Gasteiger charge is -2.14. The highest BCUT2D eigenvalue weighted by Crippen LogP contribution is 2.30. The molecular formula is C12H18S. The van der Waals surface area contributed by atoms with Crippen molar-refractivity contribution in [2.75, 3.05) is 5.75 Å². The van der Waals surface area contributed by atoms with Gasteiger partial charge in [-0.3, -0.25) is 0 Å². The fourth-order valence-electron chi connectivity index (χ4n) is 1.67. The smallest absolute Gasteiger partial charge is 0.0109 e. The molecule has 0 spiro atoms. The first kappa shape index (κ1) is 10.6. The molecule has 0 aromatic heterocycles. The molecule has 0 nitrogen and oxygen atoms in total. The summed E-state index contributed by atoms with van der Waals surface area (Å²) in [7, 11) is 0. The van der Waals surface area contributed by atoms with Gasteiger partial charge in [0.1, 0.15) is 0 Å². The van der Waals surface area contributed by atoms with Crippen molar-refractivity contribution >= 4 is 11.8 Å². The summed E-state index contributed by atoms with van der Waals surface area (Å²) in [6.45, 7) is 8.94. The second-order valence-corrected chi connectivity index (χ2v) is 4.88. The standard InChI is InChI=1S/C12H18S/c1-5-13-11-8-6-7-10(4)12(11)9(2)3/h6-9H,5H2,1-4H3. The quantitative estimate of drug-likeness (QED) is 0.649. The molecule has 13 heavy (non-hydrogen) atoms. The normalized spacial score (nSPS) is 10.8. The van der Waals surface area contributed by atoms with Gasteiger partial charge >= 0.3 is 0 Å². The van der Waals surface area contributed by atoms with E-state index >= 15 is 0 Å². The van der Waals surface area contributed by atoms with Gasteiger partial charge in [-0.25, -0.2) is 0 Å². The molecule has 0 aliphatic heterocycles. The first-order chi connectivity index (χ1) is 6.16.